The minimum Gasteiger partial charge on any atom is -0.496 e. The summed E-state index contributed by atoms with van der Waals surface area (Å²) in [5.41, 5.74) is 0.672. The summed E-state index contributed by atoms with van der Waals surface area (Å²) in [6.45, 7) is 0. The van der Waals surface area contributed by atoms with Gasteiger partial charge in [-0.2, -0.15) is 5.10 Å². The smallest absolute Gasteiger partial charge is 0.296 e. The van der Waals surface area contributed by atoms with Gasteiger partial charge in [0.1, 0.15) is 11.4 Å². The van der Waals surface area contributed by atoms with Crippen LogP contribution in [0.4, 0.5) is 11.4 Å². The number of ether oxygens (including phenoxy) is 1. The van der Waals surface area contributed by atoms with Crippen molar-refractivity contribution >= 4 is 28.6 Å². The van der Waals surface area contributed by atoms with Gasteiger partial charge in [0.2, 0.25) is 0 Å². The second-order valence-electron chi connectivity index (χ2n) is 4.74. The molecule has 2 heterocycles. The van der Waals surface area contributed by atoms with Crippen molar-refractivity contribution in [1.82, 2.24) is 10.2 Å². The molecule has 0 aliphatic heterocycles. The third-order valence-corrected chi connectivity index (χ3v) is 4.15. The zero-order chi connectivity index (χ0) is 17.1. The lowest BCUT2D eigenvalue weighted by molar-refractivity contribution is -0.384. The van der Waals surface area contributed by atoms with Gasteiger partial charge >= 0.3 is 0 Å². The van der Waals surface area contributed by atoms with Crippen molar-refractivity contribution in [3.63, 3.8) is 0 Å². The molecule has 2 aromatic heterocycles. The van der Waals surface area contributed by atoms with Crippen LogP contribution in [-0.2, 0) is 0 Å². The molecule has 0 unspecified atom stereocenters. The first kappa shape index (κ1) is 15.7. The number of methoxy groups -OCH3 is 1. The Kier molecular flexibility index (Phi) is 4.25. The standard InChI is InChI=1S/C15H12N4O4S/c1-23-9-4-5-10(13(7-9)19(21)22)16-15(20)12-8-11(17-18-12)14-3-2-6-24-14/h2-8H,1H3,(H,16,20)(H,17,18). The normalized spacial score (nSPS) is 10.4. The number of rotatable bonds is 5. The number of carbonyl (C=O) groups is 1. The maximum atomic E-state index is 12.3. The highest BCUT2D eigenvalue weighted by Crippen LogP contribution is 2.29. The van der Waals surface area contributed by atoms with Crippen molar-refractivity contribution in [1.29, 1.82) is 0 Å². The number of nitrogens with zero attached hydrogens (tertiary/aromatic N) is 2. The maximum absolute atomic E-state index is 12.3. The number of aromatic amines is 1. The molecule has 0 fully saturated rings. The van der Waals surface area contributed by atoms with Gasteiger partial charge in [0.15, 0.2) is 5.69 Å². The van der Waals surface area contributed by atoms with Gasteiger partial charge in [0.25, 0.3) is 11.6 Å². The van der Waals surface area contributed by atoms with Crippen LogP contribution >= 0.6 is 11.3 Å². The number of hydrogen-bond donors (Lipinski definition) is 2. The van der Waals surface area contributed by atoms with Crippen LogP contribution < -0.4 is 10.1 Å². The van der Waals surface area contributed by atoms with Crippen LogP contribution in [0.3, 0.4) is 0 Å². The Morgan fingerprint density at radius 1 is 1.38 bits per heavy atom. The SMILES string of the molecule is COc1ccc(NC(=O)c2cc(-c3cccs3)[nH]n2)c([N+](=O)[O-])c1. The summed E-state index contributed by atoms with van der Waals surface area (Å²) in [4.78, 5) is 23.8. The van der Waals surface area contributed by atoms with Crippen molar-refractivity contribution in [2.45, 2.75) is 0 Å². The van der Waals surface area contributed by atoms with Gasteiger partial charge in [-0.25, -0.2) is 0 Å². The highest BCUT2D eigenvalue weighted by atomic mass is 32.1. The third-order valence-electron chi connectivity index (χ3n) is 3.25. The number of aromatic nitrogens is 2. The zero-order valence-electron chi connectivity index (χ0n) is 12.5. The molecule has 0 atom stereocenters. The Balaban J connectivity index is 1.84. The van der Waals surface area contributed by atoms with Gasteiger partial charge in [0, 0.05) is 0 Å². The molecule has 2 N–H and O–H groups in total. The number of thiophene rings is 1. The molecule has 3 aromatic rings. The van der Waals surface area contributed by atoms with Crippen molar-refractivity contribution in [2.75, 3.05) is 12.4 Å². The van der Waals surface area contributed by atoms with Crippen LogP contribution in [0, 0.1) is 10.1 Å². The summed E-state index contributed by atoms with van der Waals surface area (Å²) in [6, 6.07) is 9.58. The summed E-state index contributed by atoms with van der Waals surface area (Å²) >= 11 is 1.51. The lowest BCUT2D eigenvalue weighted by Gasteiger charge is -2.06. The summed E-state index contributed by atoms with van der Waals surface area (Å²) in [5, 5.41) is 22.3. The third kappa shape index (κ3) is 3.10. The largest absolute Gasteiger partial charge is 0.496 e. The molecule has 9 heteroatoms. The molecule has 3 rings (SSSR count). The van der Waals surface area contributed by atoms with E-state index in [4.69, 9.17) is 4.74 Å². The number of H-pyrrole nitrogens is 1. The fraction of sp³-hybridized carbons (Fsp3) is 0.0667. The molecule has 24 heavy (non-hydrogen) atoms. The summed E-state index contributed by atoms with van der Waals surface area (Å²) in [5.74, 6) is -0.207. The molecular formula is C15H12N4O4S. The van der Waals surface area contributed by atoms with Gasteiger partial charge < -0.3 is 10.1 Å². The Bertz CT molecular complexity index is 889. The van der Waals surface area contributed by atoms with E-state index in [1.807, 2.05) is 17.5 Å². The topological polar surface area (TPSA) is 110 Å². The molecule has 0 bridgehead atoms. The van der Waals surface area contributed by atoms with Crippen molar-refractivity contribution in [2.24, 2.45) is 0 Å². The van der Waals surface area contributed by atoms with Gasteiger partial charge in [-0.15, -0.1) is 11.3 Å². The molecule has 1 aromatic carbocycles. The Morgan fingerprint density at radius 2 is 2.21 bits per heavy atom. The van der Waals surface area contributed by atoms with Crippen LogP contribution in [0.15, 0.2) is 41.8 Å². The number of benzene rings is 1. The predicted octanol–water partition coefficient (Wildman–Crippen LogP) is 3.31. The summed E-state index contributed by atoms with van der Waals surface area (Å²) in [6.07, 6.45) is 0. The minimum absolute atomic E-state index is 0.0754. The number of anilines is 1. The van der Waals surface area contributed by atoms with Gasteiger partial charge in [-0.3, -0.25) is 20.0 Å². The highest BCUT2D eigenvalue weighted by molar-refractivity contribution is 7.13. The number of carbonyl (C=O) groups excluding carboxylic acids is 1. The van der Waals surface area contributed by atoms with Gasteiger partial charge in [-0.1, -0.05) is 6.07 Å². The number of amides is 1. The quantitative estimate of drug-likeness (QED) is 0.545. The Labute approximate surface area is 140 Å². The first-order valence-corrected chi connectivity index (χ1v) is 7.69. The Morgan fingerprint density at radius 3 is 2.88 bits per heavy atom. The second kappa shape index (κ2) is 6.50. The average Bonchev–Trinajstić information content (AvgIpc) is 3.26. The van der Waals surface area contributed by atoms with Crippen molar-refractivity contribution < 1.29 is 14.5 Å². The van der Waals surface area contributed by atoms with Crippen molar-refractivity contribution in [3.8, 4) is 16.3 Å². The van der Waals surface area contributed by atoms with Gasteiger partial charge in [0.05, 0.1) is 28.7 Å². The van der Waals surface area contributed by atoms with Gasteiger partial charge in [-0.05, 0) is 29.6 Å². The molecule has 0 spiro atoms. The average molecular weight is 344 g/mol. The molecule has 0 saturated carbocycles. The van der Waals surface area contributed by atoms with E-state index in [0.29, 0.717) is 11.4 Å². The molecule has 0 radical (unpaired) electrons. The number of nitro groups is 1. The second-order valence-corrected chi connectivity index (χ2v) is 5.69. The van der Waals surface area contributed by atoms with E-state index in [9.17, 15) is 14.9 Å². The van der Waals surface area contributed by atoms with Crippen molar-refractivity contribution in [3.05, 3.63) is 57.6 Å². The lowest BCUT2D eigenvalue weighted by Crippen LogP contribution is -2.13. The fourth-order valence-corrected chi connectivity index (χ4v) is 2.77. The molecule has 0 aliphatic rings. The van der Waals surface area contributed by atoms with E-state index in [1.54, 1.807) is 6.07 Å². The van der Waals surface area contributed by atoms with Crippen LogP contribution in [-0.4, -0.2) is 28.1 Å². The van der Waals surface area contributed by atoms with E-state index < -0.39 is 10.8 Å². The molecule has 1 amide bonds. The number of nitro benzene ring substituents is 1. The Hall–Kier alpha value is -3.20. The lowest BCUT2D eigenvalue weighted by atomic mass is 10.2. The van der Waals surface area contributed by atoms with E-state index in [1.165, 1.54) is 36.6 Å². The van der Waals surface area contributed by atoms with E-state index in [-0.39, 0.29) is 17.1 Å². The molecule has 122 valence electrons. The maximum Gasteiger partial charge on any atom is 0.296 e. The van der Waals surface area contributed by atoms with E-state index in [2.05, 4.69) is 15.5 Å². The molecular weight excluding hydrogens is 332 g/mol. The minimum atomic E-state index is -0.584. The summed E-state index contributed by atoms with van der Waals surface area (Å²) in [7, 11) is 1.41. The first-order valence-electron chi connectivity index (χ1n) is 6.81. The van der Waals surface area contributed by atoms with E-state index in [0.717, 1.165) is 4.88 Å². The summed E-state index contributed by atoms with van der Waals surface area (Å²) < 4.78 is 4.96. The molecule has 8 nitrogen and oxygen atoms in total. The fourth-order valence-electron chi connectivity index (χ4n) is 2.08. The molecule has 0 aliphatic carbocycles. The number of hydrogen-bond acceptors (Lipinski definition) is 6. The van der Waals surface area contributed by atoms with Crippen LogP contribution in [0.1, 0.15) is 10.5 Å². The molecule has 0 saturated heterocycles. The predicted molar refractivity (Wildman–Crippen MR) is 89.5 cm³/mol. The monoisotopic (exact) mass is 344 g/mol. The van der Waals surface area contributed by atoms with E-state index >= 15 is 0 Å². The van der Waals surface area contributed by atoms with Crippen LogP contribution in [0.2, 0.25) is 0 Å². The number of nitrogens with one attached hydrogen (secondary N) is 2. The van der Waals surface area contributed by atoms with Crippen LogP contribution in [0.25, 0.3) is 10.6 Å². The van der Waals surface area contributed by atoms with Crippen LogP contribution in [0.5, 0.6) is 5.75 Å². The first-order chi connectivity index (χ1) is 11.6. The highest BCUT2D eigenvalue weighted by Gasteiger charge is 2.19. The zero-order valence-corrected chi connectivity index (χ0v) is 13.3.